The zero-order valence-corrected chi connectivity index (χ0v) is 14.8. The van der Waals surface area contributed by atoms with E-state index in [1.165, 1.54) is 18.2 Å². The Bertz CT molecular complexity index is 692. The molecule has 1 aromatic rings. The fraction of sp³-hybridized carbons (Fsp3) is 0.278. The molecule has 0 amide bonds. The first-order valence-corrected chi connectivity index (χ1v) is 7.86. The second-order valence-corrected chi connectivity index (χ2v) is 5.39. The van der Waals surface area contributed by atoms with Crippen molar-refractivity contribution in [2.45, 2.75) is 13.8 Å². The van der Waals surface area contributed by atoms with Crippen molar-refractivity contribution in [2.24, 2.45) is 5.92 Å². The number of phenolic OH excluding ortho intramolecular Hbond substituents is 1. The fourth-order valence-corrected chi connectivity index (χ4v) is 2.25. The molecule has 0 fully saturated rings. The summed E-state index contributed by atoms with van der Waals surface area (Å²) in [6.07, 6.45) is 0. The smallest absolute Gasteiger partial charge is 0.334 e. The number of aromatic hydroxyl groups is 1. The highest BCUT2D eigenvalue weighted by molar-refractivity contribution is 6.31. The molecule has 0 saturated heterocycles. The van der Waals surface area contributed by atoms with Gasteiger partial charge in [0, 0.05) is 16.2 Å². The molecule has 1 N–H and O–H groups in total. The Balaban J connectivity index is 3.32. The van der Waals surface area contributed by atoms with Crippen LogP contribution in [0.25, 0.3) is 0 Å². The molecule has 0 unspecified atom stereocenters. The van der Waals surface area contributed by atoms with E-state index in [0.29, 0.717) is 0 Å². The van der Waals surface area contributed by atoms with Crippen LogP contribution in [0, 0.1) is 5.92 Å². The Morgan fingerprint density at radius 1 is 1.08 bits per heavy atom. The summed E-state index contributed by atoms with van der Waals surface area (Å²) in [5.41, 5.74) is -0.691. The van der Waals surface area contributed by atoms with E-state index in [9.17, 15) is 19.5 Å². The lowest BCUT2D eigenvalue weighted by atomic mass is 9.85. The van der Waals surface area contributed by atoms with Crippen molar-refractivity contribution in [3.63, 3.8) is 0 Å². The molecule has 0 bridgehead atoms. The average molecular weight is 367 g/mol. The Labute approximate surface area is 150 Å². The number of ketones is 1. The number of carbonyl (C=O) groups is 3. The zero-order valence-electron chi connectivity index (χ0n) is 14.0. The minimum atomic E-state index is -1.43. The van der Waals surface area contributed by atoms with Gasteiger partial charge in [0.1, 0.15) is 5.75 Å². The van der Waals surface area contributed by atoms with Gasteiger partial charge >= 0.3 is 11.9 Å². The molecule has 0 aliphatic heterocycles. The summed E-state index contributed by atoms with van der Waals surface area (Å²) in [7, 11) is 0. The van der Waals surface area contributed by atoms with Crippen molar-refractivity contribution < 1.29 is 29.0 Å². The van der Waals surface area contributed by atoms with Gasteiger partial charge in [-0.2, -0.15) is 0 Å². The molecule has 0 spiro atoms. The summed E-state index contributed by atoms with van der Waals surface area (Å²) < 4.78 is 9.68. The van der Waals surface area contributed by atoms with Crippen molar-refractivity contribution in [1.82, 2.24) is 0 Å². The van der Waals surface area contributed by atoms with Crippen LogP contribution >= 0.6 is 11.6 Å². The number of benzene rings is 1. The van der Waals surface area contributed by atoms with Crippen LogP contribution in [0.4, 0.5) is 0 Å². The molecular formula is C18H19ClO6. The Hall–Kier alpha value is -2.60. The molecule has 6 nitrogen and oxygen atoms in total. The Morgan fingerprint density at radius 3 is 1.96 bits per heavy atom. The number of ether oxygens (including phenoxy) is 2. The third-order valence-corrected chi connectivity index (χ3v) is 3.49. The maximum absolute atomic E-state index is 12.8. The predicted octanol–water partition coefficient (Wildman–Crippen LogP) is 3.08. The van der Waals surface area contributed by atoms with Crippen molar-refractivity contribution in [2.75, 3.05) is 13.2 Å². The van der Waals surface area contributed by atoms with Crippen LogP contribution in [0.2, 0.25) is 5.02 Å². The van der Waals surface area contributed by atoms with Crippen molar-refractivity contribution in [3.05, 3.63) is 53.1 Å². The van der Waals surface area contributed by atoms with Gasteiger partial charge in [-0.3, -0.25) is 4.79 Å². The van der Waals surface area contributed by atoms with Crippen LogP contribution in [0.5, 0.6) is 5.75 Å². The molecule has 0 aliphatic carbocycles. The second-order valence-electron chi connectivity index (χ2n) is 4.95. The van der Waals surface area contributed by atoms with E-state index >= 15 is 0 Å². The Kier molecular flexibility index (Phi) is 7.39. The average Bonchev–Trinajstić information content (AvgIpc) is 2.55. The minimum absolute atomic E-state index is 0.0663. The van der Waals surface area contributed by atoms with Gasteiger partial charge in [0.2, 0.25) is 0 Å². The van der Waals surface area contributed by atoms with E-state index in [4.69, 9.17) is 21.1 Å². The predicted molar refractivity (Wildman–Crippen MR) is 92.5 cm³/mol. The van der Waals surface area contributed by atoms with Crippen LogP contribution in [0.1, 0.15) is 24.2 Å². The SMILES string of the molecule is C=C(C(=O)OCC)C(C(=C)C(=O)OCC)C(=O)c1ccc(Cl)cc1O. The summed E-state index contributed by atoms with van der Waals surface area (Å²) in [5.74, 6) is -4.26. The lowest BCUT2D eigenvalue weighted by molar-refractivity contribution is -0.139. The van der Waals surface area contributed by atoms with Gasteiger partial charge in [-0.05, 0) is 32.0 Å². The third-order valence-electron chi connectivity index (χ3n) is 3.26. The quantitative estimate of drug-likeness (QED) is 0.432. The van der Waals surface area contributed by atoms with Crippen LogP contribution in [0.15, 0.2) is 42.5 Å². The first-order valence-electron chi connectivity index (χ1n) is 7.49. The molecule has 1 aromatic carbocycles. The van der Waals surface area contributed by atoms with Crippen LogP contribution in [-0.2, 0) is 19.1 Å². The molecule has 0 aromatic heterocycles. The van der Waals surface area contributed by atoms with E-state index < -0.39 is 29.4 Å². The standard InChI is InChI=1S/C18H19ClO6/c1-5-24-17(22)10(3)15(11(4)18(23)25-6-2)16(21)13-8-7-12(19)9-14(13)20/h7-9,15,20H,3-6H2,1-2H3. The summed E-state index contributed by atoms with van der Waals surface area (Å²) in [4.78, 5) is 36.8. The number of hydrogen-bond acceptors (Lipinski definition) is 6. The van der Waals surface area contributed by atoms with Crippen LogP contribution in [0.3, 0.4) is 0 Å². The third kappa shape index (κ3) is 4.93. The number of halogens is 1. The molecule has 7 heteroatoms. The molecule has 25 heavy (non-hydrogen) atoms. The summed E-state index contributed by atoms with van der Waals surface area (Å²) >= 11 is 5.76. The topological polar surface area (TPSA) is 89.9 Å². The van der Waals surface area contributed by atoms with Gasteiger partial charge in [-0.15, -0.1) is 0 Å². The highest BCUT2D eigenvalue weighted by atomic mass is 35.5. The van der Waals surface area contributed by atoms with Gasteiger partial charge in [0.05, 0.1) is 24.7 Å². The molecule has 0 saturated carbocycles. The Morgan fingerprint density at radius 2 is 1.56 bits per heavy atom. The van der Waals surface area contributed by atoms with Gasteiger partial charge in [0.15, 0.2) is 5.78 Å². The zero-order chi connectivity index (χ0) is 19.1. The number of esters is 2. The molecule has 134 valence electrons. The van der Waals surface area contributed by atoms with Crippen LogP contribution < -0.4 is 0 Å². The summed E-state index contributed by atoms with van der Waals surface area (Å²) in [5, 5.41) is 10.2. The van der Waals surface area contributed by atoms with Crippen molar-refractivity contribution >= 4 is 29.3 Å². The van der Waals surface area contributed by atoms with E-state index in [1.807, 2.05) is 0 Å². The number of rotatable bonds is 8. The lowest BCUT2D eigenvalue weighted by Crippen LogP contribution is -2.28. The number of phenols is 1. The van der Waals surface area contributed by atoms with Gasteiger partial charge in [0.25, 0.3) is 0 Å². The lowest BCUT2D eigenvalue weighted by Gasteiger charge is -2.19. The van der Waals surface area contributed by atoms with Crippen molar-refractivity contribution in [3.8, 4) is 5.75 Å². The maximum Gasteiger partial charge on any atom is 0.334 e. The largest absolute Gasteiger partial charge is 0.507 e. The van der Waals surface area contributed by atoms with Gasteiger partial charge in [-0.25, -0.2) is 9.59 Å². The second kappa shape index (κ2) is 9.03. The molecule has 0 heterocycles. The molecule has 1 rings (SSSR count). The van der Waals surface area contributed by atoms with E-state index in [2.05, 4.69) is 13.2 Å². The fourth-order valence-electron chi connectivity index (χ4n) is 2.08. The first kappa shape index (κ1) is 20.4. The maximum atomic E-state index is 12.8. The van der Waals surface area contributed by atoms with Gasteiger partial charge < -0.3 is 14.6 Å². The first-order chi connectivity index (χ1) is 11.7. The summed E-state index contributed by atoms with van der Waals surface area (Å²) in [6.45, 7) is 10.4. The molecule has 0 atom stereocenters. The van der Waals surface area contributed by atoms with E-state index in [1.54, 1.807) is 13.8 Å². The normalized spacial score (nSPS) is 10.2. The minimum Gasteiger partial charge on any atom is -0.507 e. The number of carbonyl (C=O) groups excluding carboxylic acids is 3. The highest BCUT2D eigenvalue weighted by Crippen LogP contribution is 2.30. The van der Waals surface area contributed by atoms with Crippen LogP contribution in [-0.4, -0.2) is 36.0 Å². The molecular weight excluding hydrogens is 348 g/mol. The number of hydrogen-bond donors (Lipinski definition) is 1. The molecule has 0 aliphatic rings. The van der Waals surface area contributed by atoms with Crippen molar-refractivity contribution in [1.29, 1.82) is 0 Å². The highest BCUT2D eigenvalue weighted by Gasteiger charge is 2.35. The monoisotopic (exact) mass is 366 g/mol. The summed E-state index contributed by atoms with van der Waals surface area (Å²) in [6, 6.07) is 3.85. The van der Waals surface area contributed by atoms with E-state index in [-0.39, 0.29) is 34.9 Å². The van der Waals surface area contributed by atoms with E-state index in [0.717, 1.165) is 0 Å². The van der Waals surface area contributed by atoms with Gasteiger partial charge in [-0.1, -0.05) is 24.8 Å². The number of Topliss-reactive ketones (excluding diaryl/α,β-unsaturated/α-hetero) is 1. The molecule has 0 radical (unpaired) electrons.